The second-order valence-electron chi connectivity index (χ2n) is 7.96. The summed E-state index contributed by atoms with van der Waals surface area (Å²) in [5.74, 6) is -0.753. The molecule has 1 fully saturated rings. The van der Waals surface area contributed by atoms with Gasteiger partial charge in [0.2, 0.25) is 0 Å². The Hall–Kier alpha value is -3.45. The molecule has 2 amide bonds. The van der Waals surface area contributed by atoms with Crippen molar-refractivity contribution in [3.8, 4) is 0 Å². The molecule has 0 saturated carbocycles. The Bertz CT molecular complexity index is 1200. The SMILES string of the molecule is Cc1cccc2c(C3=C(c4cncc(N5CCN(C)CC5)c4)C(=O)NC3=O)c[nH]c12. The minimum Gasteiger partial charge on any atom is -0.368 e. The second-order valence-corrected chi connectivity index (χ2v) is 7.96. The quantitative estimate of drug-likeness (QED) is 0.658. The molecule has 0 unspecified atom stereocenters. The van der Waals surface area contributed by atoms with E-state index in [4.69, 9.17) is 0 Å². The van der Waals surface area contributed by atoms with Gasteiger partial charge in [-0.3, -0.25) is 19.9 Å². The number of likely N-dealkylation sites (N-methyl/N-ethyl adjacent to an activating group) is 1. The average molecular weight is 401 g/mol. The van der Waals surface area contributed by atoms with Crippen LogP contribution in [0.15, 0.2) is 42.9 Å². The molecule has 0 atom stereocenters. The maximum Gasteiger partial charge on any atom is 0.259 e. The van der Waals surface area contributed by atoms with E-state index in [0.29, 0.717) is 16.7 Å². The van der Waals surface area contributed by atoms with Crippen LogP contribution in [-0.2, 0) is 9.59 Å². The molecule has 1 saturated heterocycles. The number of anilines is 1. The largest absolute Gasteiger partial charge is 0.368 e. The summed E-state index contributed by atoms with van der Waals surface area (Å²) in [5, 5.41) is 3.40. The Morgan fingerprint density at radius 3 is 2.57 bits per heavy atom. The number of H-pyrrole nitrogens is 1. The number of hydrogen-bond donors (Lipinski definition) is 2. The molecule has 2 aliphatic heterocycles. The number of hydrogen-bond acceptors (Lipinski definition) is 5. The summed E-state index contributed by atoms with van der Waals surface area (Å²) in [6.07, 6.45) is 5.29. The summed E-state index contributed by atoms with van der Waals surface area (Å²) in [5.41, 5.74) is 5.19. The molecule has 30 heavy (non-hydrogen) atoms. The van der Waals surface area contributed by atoms with E-state index in [1.165, 1.54) is 0 Å². The molecule has 2 aliphatic rings. The molecule has 3 aromatic rings. The van der Waals surface area contributed by atoms with Crippen molar-refractivity contribution in [3.63, 3.8) is 0 Å². The van der Waals surface area contributed by atoms with Gasteiger partial charge < -0.3 is 14.8 Å². The number of piperazine rings is 1. The Kier molecular flexibility index (Phi) is 4.40. The number of imide groups is 1. The maximum absolute atomic E-state index is 12.8. The van der Waals surface area contributed by atoms with Crippen LogP contribution < -0.4 is 10.2 Å². The third kappa shape index (κ3) is 2.98. The molecule has 7 heteroatoms. The van der Waals surface area contributed by atoms with E-state index in [2.05, 4.69) is 32.1 Å². The number of fused-ring (bicyclic) bond motifs is 1. The number of aromatic amines is 1. The zero-order valence-electron chi connectivity index (χ0n) is 17.0. The summed E-state index contributed by atoms with van der Waals surface area (Å²) in [6.45, 7) is 5.78. The zero-order valence-corrected chi connectivity index (χ0v) is 17.0. The van der Waals surface area contributed by atoms with Crippen LogP contribution in [0.4, 0.5) is 5.69 Å². The van der Waals surface area contributed by atoms with Gasteiger partial charge in [-0.25, -0.2) is 0 Å². The highest BCUT2D eigenvalue weighted by Gasteiger charge is 2.34. The van der Waals surface area contributed by atoms with Crippen LogP contribution in [0.3, 0.4) is 0 Å². The predicted octanol–water partition coefficient (Wildman–Crippen LogP) is 2.19. The van der Waals surface area contributed by atoms with Crippen LogP contribution in [-0.4, -0.2) is 59.9 Å². The molecule has 2 N–H and O–H groups in total. The van der Waals surface area contributed by atoms with Crippen LogP contribution in [0, 0.1) is 6.92 Å². The topological polar surface area (TPSA) is 81.3 Å². The predicted molar refractivity (Wildman–Crippen MR) is 117 cm³/mol. The van der Waals surface area contributed by atoms with E-state index >= 15 is 0 Å². The van der Waals surface area contributed by atoms with Gasteiger partial charge in [0.1, 0.15) is 0 Å². The summed E-state index contributed by atoms with van der Waals surface area (Å²) in [6, 6.07) is 7.90. The summed E-state index contributed by atoms with van der Waals surface area (Å²) < 4.78 is 0. The fraction of sp³-hybridized carbons (Fsp3) is 0.261. The van der Waals surface area contributed by atoms with Gasteiger partial charge in [-0.2, -0.15) is 0 Å². The van der Waals surface area contributed by atoms with Gasteiger partial charge >= 0.3 is 0 Å². The lowest BCUT2D eigenvalue weighted by Gasteiger charge is -2.34. The van der Waals surface area contributed by atoms with Gasteiger partial charge in [0.05, 0.1) is 23.0 Å². The molecule has 0 aliphatic carbocycles. The number of carbonyl (C=O) groups is 2. The fourth-order valence-corrected chi connectivity index (χ4v) is 4.30. The molecular formula is C23H23N5O2. The summed E-state index contributed by atoms with van der Waals surface area (Å²) in [4.78, 5) is 37.7. The van der Waals surface area contributed by atoms with E-state index in [0.717, 1.165) is 53.9 Å². The highest BCUT2D eigenvalue weighted by molar-refractivity contribution is 6.50. The number of carbonyl (C=O) groups excluding carboxylic acids is 2. The van der Waals surface area contributed by atoms with Crippen LogP contribution >= 0.6 is 0 Å². The Morgan fingerprint density at radius 1 is 1.00 bits per heavy atom. The van der Waals surface area contributed by atoms with Crippen LogP contribution in [0.5, 0.6) is 0 Å². The smallest absolute Gasteiger partial charge is 0.259 e. The summed E-state index contributed by atoms with van der Waals surface area (Å²) in [7, 11) is 2.11. The van der Waals surface area contributed by atoms with Crippen LogP contribution in [0.1, 0.15) is 16.7 Å². The van der Waals surface area contributed by atoms with Crippen molar-refractivity contribution in [2.45, 2.75) is 6.92 Å². The Morgan fingerprint density at radius 2 is 1.77 bits per heavy atom. The number of aryl methyl sites for hydroxylation is 1. The molecule has 0 radical (unpaired) electrons. The van der Waals surface area contributed by atoms with Crippen LogP contribution in [0.25, 0.3) is 22.0 Å². The lowest BCUT2D eigenvalue weighted by atomic mass is 9.96. The molecule has 2 aromatic heterocycles. The third-order valence-corrected chi connectivity index (χ3v) is 6.01. The first kappa shape index (κ1) is 18.6. The average Bonchev–Trinajstić information content (AvgIpc) is 3.29. The number of rotatable bonds is 3. The Labute approximate surface area is 174 Å². The summed E-state index contributed by atoms with van der Waals surface area (Å²) >= 11 is 0. The number of aromatic nitrogens is 2. The fourth-order valence-electron chi connectivity index (χ4n) is 4.30. The minimum absolute atomic E-state index is 0.373. The maximum atomic E-state index is 12.8. The molecule has 5 rings (SSSR count). The van der Waals surface area contributed by atoms with Gasteiger partial charge in [-0.05, 0) is 25.6 Å². The van der Waals surface area contributed by atoms with Crippen molar-refractivity contribution in [1.82, 2.24) is 20.2 Å². The number of benzene rings is 1. The highest BCUT2D eigenvalue weighted by atomic mass is 16.2. The Balaban J connectivity index is 1.63. The van der Waals surface area contributed by atoms with E-state index in [-0.39, 0.29) is 11.8 Å². The van der Waals surface area contributed by atoms with Crippen LogP contribution in [0.2, 0.25) is 0 Å². The molecule has 152 valence electrons. The van der Waals surface area contributed by atoms with Gasteiger partial charge in [-0.1, -0.05) is 18.2 Å². The van der Waals surface area contributed by atoms with Crippen molar-refractivity contribution in [2.24, 2.45) is 0 Å². The van der Waals surface area contributed by atoms with E-state index in [1.807, 2.05) is 43.6 Å². The number of para-hydroxylation sites is 1. The van der Waals surface area contributed by atoms with Gasteiger partial charge in [0.15, 0.2) is 0 Å². The van der Waals surface area contributed by atoms with Gasteiger partial charge in [0.25, 0.3) is 11.8 Å². The third-order valence-electron chi connectivity index (χ3n) is 6.01. The first-order valence-electron chi connectivity index (χ1n) is 10.1. The van der Waals surface area contributed by atoms with E-state index in [9.17, 15) is 9.59 Å². The lowest BCUT2D eigenvalue weighted by molar-refractivity contribution is -0.122. The first-order valence-corrected chi connectivity index (χ1v) is 10.1. The normalized spacial score (nSPS) is 17.9. The van der Waals surface area contributed by atoms with E-state index in [1.54, 1.807) is 6.20 Å². The van der Waals surface area contributed by atoms with Crippen molar-refractivity contribution < 1.29 is 9.59 Å². The molecular weight excluding hydrogens is 378 g/mol. The number of pyridine rings is 1. The van der Waals surface area contributed by atoms with Crippen molar-refractivity contribution in [3.05, 3.63) is 59.5 Å². The number of amides is 2. The number of nitrogens with zero attached hydrogens (tertiary/aromatic N) is 3. The monoisotopic (exact) mass is 401 g/mol. The van der Waals surface area contributed by atoms with Gasteiger partial charge in [-0.15, -0.1) is 0 Å². The molecule has 1 aromatic carbocycles. The number of nitrogens with one attached hydrogen (secondary N) is 2. The first-order chi connectivity index (χ1) is 14.5. The highest BCUT2D eigenvalue weighted by Crippen LogP contribution is 2.36. The zero-order chi connectivity index (χ0) is 20.8. The van der Waals surface area contributed by atoms with Crippen molar-refractivity contribution in [1.29, 1.82) is 0 Å². The molecule has 7 nitrogen and oxygen atoms in total. The van der Waals surface area contributed by atoms with E-state index < -0.39 is 0 Å². The molecule has 4 heterocycles. The second kappa shape index (κ2) is 7.11. The minimum atomic E-state index is -0.380. The van der Waals surface area contributed by atoms with Gasteiger partial charge in [0, 0.05) is 60.6 Å². The van der Waals surface area contributed by atoms with Crippen molar-refractivity contribution >= 4 is 39.6 Å². The standard InChI is InChI=1S/C23H23N5O2/c1-14-4-3-5-17-18(13-25-21(14)17)20-19(22(29)26-23(20)30)15-10-16(12-24-11-15)28-8-6-27(2)7-9-28/h3-5,10-13,25H,6-9H2,1-2H3,(H,26,29,30). The lowest BCUT2D eigenvalue weighted by Crippen LogP contribution is -2.44. The molecule has 0 spiro atoms. The molecule has 0 bridgehead atoms. The van der Waals surface area contributed by atoms with Crippen molar-refractivity contribution in [2.75, 3.05) is 38.1 Å².